The van der Waals surface area contributed by atoms with Gasteiger partial charge < -0.3 is 10.3 Å². The van der Waals surface area contributed by atoms with E-state index in [4.69, 9.17) is 10.3 Å². The summed E-state index contributed by atoms with van der Waals surface area (Å²) in [7, 11) is 0. The second-order valence-corrected chi connectivity index (χ2v) is 3.58. The monoisotopic (exact) mass is 204 g/mol. The molecule has 0 unspecified atom stereocenters. The highest BCUT2D eigenvalue weighted by Crippen LogP contribution is 2.24. The van der Waals surface area contributed by atoms with Gasteiger partial charge in [-0.25, -0.2) is 0 Å². The van der Waals surface area contributed by atoms with Crippen molar-refractivity contribution in [3.05, 3.63) is 24.3 Å². The third-order valence-electron chi connectivity index (χ3n) is 2.04. The molecule has 0 amide bonds. The normalized spacial score (nSPS) is 10.9. The van der Waals surface area contributed by atoms with Gasteiger partial charge in [0.2, 0.25) is 0 Å². The molecule has 0 saturated carbocycles. The maximum Gasteiger partial charge on any atom is 0.260 e. The van der Waals surface area contributed by atoms with Crippen LogP contribution in [0.4, 0.5) is 5.69 Å². The van der Waals surface area contributed by atoms with Crippen LogP contribution in [0.15, 0.2) is 23.0 Å². The highest BCUT2D eigenvalue weighted by molar-refractivity contribution is 5.68. The number of pyridine rings is 1. The van der Waals surface area contributed by atoms with E-state index < -0.39 is 0 Å². The summed E-state index contributed by atoms with van der Waals surface area (Å²) in [5.74, 6) is 1.37. The Morgan fingerprint density at radius 1 is 1.40 bits per heavy atom. The van der Waals surface area contributed by atoms with E-state index in [1.807, 2.05) is 13.8 Å². The van der Waals surface area contributed by atoms with Crippen LogP contribution >= 0.6 is 0 Å². The van der Waals surface area contributed by atoms with E-state index >= 15 is 0 Å². The second-order valence-electron chi connectivity index (χ2n) is 3.58. The van der Waals surface area contributed by atoms with Gasteiger partial charge in [-0.15, -0.1) is 0 Å². The van der Waals surface area contributed by atoms with Crippen LogP contribution in [0, 0.1) is 0 Å². The predicted molar refractivity (Wildman–Crippen MR) is 56.0 cm³/mol. The lowest BCUT2D eigenvalue weighted by molar-refractivity contribution is 0.419. The highest BCUT2D eigenvalue weighted by Gasteiger charge is 2.13. The van der Waals surface area contributed by atoms with E-state index in [2.05, 4.69) is 15.1 Å². The summed E-state index contributed by atoms with van der Waals surface area (Å²) in [6, 6.07) is 1.76. The number of hydrogen-bond acceptors (Lipinski definition) is 5. The maximum absolute atomic E-state index is 5.75. The minimum Gasteiger partial charge on any atom is -0.397 e. The van der Waals surface area contributed by atoms with Gasteiger partial charge in [0.05, 0.1) is 17.4 Å². The van der Waals surface area contributed by atoms with Crippen molar-refractivity contribution < 1.29 is 4.52 Å². The van der Waals surface area contributed by atoms with Crippen LogP contribution in [0.3, 0.4) is 0 Å². The molecule has 0 aliphatic rings. The lowest BCUT2D eigenvalue weighted by Gasteiger charge is -1.97. The van der Waals surface area contributed by atoms with Crippen LogP contribution in [-0.2, 0) is 0 Å². The molecule has 2 rings (SSSR count). The van der Waals surface area contributed by atoms with Crippen molar-refractivity contribution in [1.82, 2.24) is 15.1 Å². The van der Waals surface area contributed by atoms with Gasteiger partial charge in [0, 0.05) is 12.1 Å². The quantitative estimate of drug-likeness (QED) is 0.807. The Bertz CT molecular complexity index is 464. The number of hydrogen-bond donors (Lipinski definition) is 1. The number of nitrogens with two attached hydrogens (primary N) is 1. The Balaban J connectivity index is 2.42. The Morgan fingerprint density at radius 3 is 2.80 bits per heavy atom. The fourth-order valence-electron chi connectivity index (χ4n) is 1.18. The van der Waals surface area contributed by atoms with Crippen LogP contribution in [0.25, 0.3) is 11.5 Å². The van der Waals surface area contributed by atoms with Crippen LogP contribution in [0.5, 0.6) is 0 Å². The van der Waals surface area contributed by atoms with Gasteiger partial charge in [0.1, 0.15) is 0 Å². The van der Waals surface area contributed by atoms with Crippen molar-refractivity contribution in [2.75, 3.05) is 5.73 Å². The molecule has 0 radical (unpaired) electrons. The largest absolute Gasteiger partial charge is 0.397 e. The van der Waals surface area contributed by atoms with Gasteiger partial charge in [-0.1, -0.05) is 19.0 Å². The van der Waals surface area contributed by atoms with Gasteiger partial charge >= 0.3 is 0 Å². The van der Waals surface area contributed by atoms with Crippen molar-refractivity contribution in [2.24, 2.45) is 0 Å². The number of aromatic nitrogens is 3. The zero-order valence-electron chi connectivity index (χ0n) is 8.64. The summed E-state index contributed by atoms with van der Waals surface area (Å²) >= 11 is 0. The van der Waals surface area contributed by atoms with Crippen LogP contribution in [0.2, 0.25) is 0 Å². The molecule has 0 fully saturated rings. The highest BCUT2D eigenvalue weighted by atomic mass is 16.5. The third-order valence-corrected chi connectivity index (χ3v) is 2.04. The predicted octanol–water partition coefficient (Wildman–Crippen LogP) is 1.84. The minimum absolute atomic E-state index is 0.241. The van der Waals surface area contributed by atoms with E-state index in [1.165, 1.54) is 0 Å². The van der Waals surface area contributed by atoms with Gasteiger partial charge in [-0.05, 0) is 6.07 Å². The zero-order valence-corrected chi connectivity index (χ0v) is 8.64. The van der Waals surface area contributed by atoms with Gasteiger partial charge in [0.25, 0.3) is 5.89 Å². The van der Waals surface area contributed by atoms with E-state index in [-0.39, 0.29) is 5.92 Å². The number of anilines is 1. The summed E-state index contributed by atoms with van der Waals surface area (Å²) in [6.45, 7) is 4.01. The standard InChI is InChI=1S/C10H12N4O/c1-6(2)9-13-10(15-14-9)7-3-4-12-5-8(7)11/h3-6H,11H2,1-2H3. The third kappa shape index (κ3) is 1.81. The van der Waals surface area contributed by atoms with Gasteiger partial charge in [-0.3, -0.25) is 4.98 Å². The molecular weight excluding hydrogens is 192 g/mol. The summed E-state index contributed by atoms with van der Waals surface area (Å²) in [4.78, 5) is 8.15. The fourth-order valence-corrected chi connectivity index (χ4v) is 1.18. The smallest absolute Gasteiger partial charge is 0.260 e. The fraction of sp³-hybridized carbons (Fsp3) is 0.300. The van der Waals surface area contributed by atoms with E-state index in [1.54, 1.807) is 18.5 Å². The van der Waals surface area contributed by atoms with Crippen LogP contribution in [0.1, 0.15) is 25.6 Å². The van der Waals surface area contributed by atoms with Gasteiger partial charge in [-0.2, -0.15) is 4.98 Å². The van der Waals surface area contributed by atoms with Crippen molar-refractivity contribution in [1.29, 1.82) is 0 Å². The van der Waals surface area contributed by atoms with Gasteiger partial charge in [0.15, 0.2) is 5.82 Å². The summed E-state index contributed by atoms with van der Waals surface area (Å²) in [5, 5.41) is 3.87. The Morgan fingerprint density at radius 2 is 2.20 bits per heavy atom. The molecule has 2 aromatic heterocycles. The molecule has 0 atom stereocenters. The molecule has 2 aromatic rings. The van der Waals surface area contributed by atoms with E-state index in [0.717, 1.165) is 5.56 Å². The molecule has 2 heterocycles. The molecule has 0 aromatic carbocycles. The molecule has 0 spiro atoms. The topological polar surface area (TPSA) is 77.8 Å². The molecule has 15 heavy (non-hydrogen) atoms. The van der Waals surface area contributed by atoms with Crippen molar-refractivity contribution in [2.45, 2.75) is 19.8 Å². The molecule has 5 nitrogen and oxygen atoms in total. The van der Waals surface area contributed by atoms with Crippen molar-refractivity contribution >= 4 is 5.69 Å². The van der Waals surface area contributed by atoms with Crippen molar-refractivity contribution in [3.63, 3.8) is 0 Å². The molecule has 5 heteroatoms. The maximum atomic E-state index is 5.75. The van der Waals surface area contributed by atoms with Crippen LogP contribution < -0.4 is 5.73 Å². The first-order chi connectivity index (χ1) is 7.18. The average Bonchev–Trinajstić information content (AvgIpc) is 2.67. The molecule has 0 aliphatic heterocycles. The number of nitrogen functional groups attached to an aromatic ring is 1. The molecule has 0 saturated heterocycles. The first kappa shape index (κ1) is 9.64. The molecule has 2 N–H and O–H groups in total. The summed E-state index contributed by atoms with van der Waals surface area (Å²) in [6.07, 6.45) is 3.21. The SMILES string of the molecule is CC(C)c1noc(-c2ccncc2N)n1. The van der Waals surface area contributed by atoms with Crippen LogP contribution in [-0.4, -0.2) is 15.1 Å². The number of rotatable bonds is 2. The van der Waals surface area contributed by atoms with E-state index in [0.29, 0.717) is 17.4 Å². The first-order valence-electron chi connectivity index (χ1n) is 4.72. The zero-order chi connectivity index (χ0) is 10.8. The Hall–Kier alpha value is -1.91. The van der Waals surface area contributed by atoms with Crippen molar-refractivity contribution in [3.8, 4) is 11.5 Å². The Labute approximate surface area is 87.3 Å². The first-order valence-corrected chi connectivity index (χ1v) is 4.72. The lowest BCUT2D eigenvalue weighted by atomic mass is 10.2. The average molecular weight is 204 g/mol. The minimum atomic E-state index is 0.241. The lowest BCUT2D eigenvalue weighted by Crippen LogP contribution is -1.92. The number of nitrogens with zero attached hydrogens (tertiary/aromatic N) is 3. The second kappa shape index (κ2) is 3.68. The summed E-state index contributed by atoms with van der Waals surface area (Å²) in [5.41, 5.74) is 7.01. The summed E-state index contributed by atoms with van der Waals surface area (Å²) < 4.78 is 5.12. The van der Waals surface area contributed by atoms with E-state index in [9.17, 15) is 0 Å². The molecule has 0 bridgehead atoms. The Kier molecular flexibility index (Phi) is 2.37. The molecule has 78 valence electrons. The molecular formula is C10H12N4O. The molecule has 0 aliphatic carbocycles.